The fourth-order valence-corrected chi connectivity index (χ4v) is 3.62. The van der Waals surface area contributed by atoms with Crippen molar-refractivity contribution >= 4 is 22.6 Å². The van der Waals surface area contributed by atoms with Crippen LogP contribution in [-0.4, -0.2) is 39.9 Å². The van der Waals surface area contributed by atoms with E-state index in [1.54, 1.807) is 12.4 Å². The molecule has 1 aromatic carbocycles. The number of nitrogens with one attached hydrogen (secondary N) is 2. The van der Waals surface area contributed by atoms with Crippen molar-refractivity contribution in [1.29, 1.82) is 0 Å². The number of ether oxygens (including phenoxy) is 1. The van der Waals surface area contributed by atoms with E-state index in [-0.39, 0.29) is 11.9 Å². The number of hydrogen-bond acceptors (Lipinski definition) is 5. The highest BCUT2D eigenvalue weighted by molar-refractivity contribution is 6.06. The summed E-state index contributed by atoms with van der Waals surface area (Å²) in [5, 5.41) is 11.9. The predicted octanol–water partition coefficient (Wildman–Crippen LogP) is 3.28. The van der Waals surface area contributed by atoms with Crippen molar-refractivity contribution in [3.05, 3.63) is 53.3 Å². The molecule has 3 aromatic rings. The first kappa shape index (κ1) is 19.4. The summed E-state index contributed by atoms with van der Waals surface area (Å²) in [4.78, 5) is 17.6. The summed E-state index contributed by atoms with van der Waals surface area (Å²) in [5.74, 6) is -0.140. The minimum absolute atomic E-state index is 0.140. The molecule has 3 heterocycles. The van der Waals surface area contributed by atoms with Crippen LogP contribution in [0, 0.1) is 6.92 Å². The molecule has 2 N–H and O–H groups in total. The van der Waals surface area contributed by atoms with Gasteiger partial charge in [0.05, 0.1) is 22.8 Å². The average Bonchev–Trinajstić information content (AvgIpc) is 3.18. The summed E-state index contributed by atoms with van der Waals surface area (Å²) in [5.41, 5.74) is 4.41. The van der Waals surface area contributed by atoms with Gasteiger partial charge < -0.3 is 15.4 Å². The second-order valence-corrected chi connectivity index (χ2v) is 7.44. The maximum absolute atomic E-state index is 13.0. The molecule has 4 rings (SSSR count). The monoisotopic (exact) mass is 393 g/mol. The molecule has 0 bridgehead atoms. The number of fused-ring (bicyclic) bond motifs is 1. The highest BCUT2D eigenvalue weighted by atomic mass is 16.5. The third-order valence-corrected chi connectivity index (χ3v) is 5.35. The van der Waals surface area contributed by atoms with Crippen LogP contribution >= 0.6 is 0 Å². The van der Waals surface area contributed by atoms with E-state index in [1.165, 1.54) is 5.56 Å². The number of carbonyl (C=O) groups is 1. The van der Waals surface area contributed by atoms with E-state index in [0.717, 1.165) is 54.9 Å². The van der Waals surface area contributed by atoms with E-state index in [9.17, 15) is 4.79 Å². The van der Waals surface area contributed by atoms with Crippen LogP contribution in [0.1, 0.15) is 41.3 Å². The van der Waals surface area contributed by atoms with Crippen molar-refractivity contribution < 1.29 is 9.53 Å². The molecule has 1 fully saturated rings. The van der Waals surface area contributed by atoms with Gasteiger partial charge in [0.2, 0.25) is 0 Å². The molecule has 0 saturated carbocycles. The summed E-state index contributed by atoms with van der Waals surface area (Å²) in [6.45, 7) is 6.74. The molecule has 1 aliphatic rings. The lowest BCUT2D eigenvalue weighted by molar-refractivity contribution is 0.0904. The van der Waals surface area contributed by atoms with Gasteiger partial charge in [0.15, 0.2) is 5.65 Å². The van der Waals surface area contributed by atoms with E-state index in [0.29, 0.717) is 12.1 Å². The Morgan fingerprint density at radius 3 is 2.69 bits per heavy atom. The zero-order chi connectivity index (χ0) is 20.2. The first-order valence-electron chi connectivity index (χ1n) is 10.2. The predicted molar refractivity (Wildman–Crippen MR) is 113 cm³/mol. The third kappa shape index (κ3) is 4.24. The minimum Gasteiger partial charge on any atom is -0.381 e. The van der Waals surface area contributed by atoms with Crippen LogP contribution in [0.25, 0.3) is 11.0 Å². The third-order valence-electron chi connectivity index (χ3n) is 5.35. The summed E-state index contributed by atoms with van der Waals surface area (Å²) in [6.07, 6.45) is 5.28. The molecule has 7 nitrogen and oxygen atoms in total. The summed E-state index contributed by atoms with van der Waals surface area (Å²) < 4.78 is 7.32. The molecule has 152 valence electrons. The number of aryl methyl sites for hydroxylation is 2. The highest BCUT2D eigenvalue weighted by Crippen LogP contribution is 2.28. The summed E-state index contributed by atoms with van der Waals surface area (Å²) in [7, 11) is 0. The first-order chi connectivity index (χ1) is 14.2. The number of nitrogens with zero attached hydrogens (tertiary/aromatic N) is 3. The maximum atomic E-state index is 13.0. The van der Waals surface area contributed by atoms with Crippen molar-refractivity contribution in [3.8, 4) is 0 Å². The molecular weight excluding hydrogens is 366 g/mol. The van der Waals surface area contributed by atoms with E-state index >= 15 is 0 Å². The Balaban J connectivity index is 1.61. The number of carbonyl (C=O) groups excluding carboxylic acids is 1. The Morgan fingerprint density at radius 2 is 1.97 bits per heavy atom. The van der Waals surface area contributed by atoms with Crippen molar-refractivity contribution in [1.82, 2.24) is 20.1 Å². The van der Waals surface area contributed by atoms with Crippen molar-refractivity contribution in [2.75, 3.05) is 18.5 Å². The van der Waals surface area contributed by atoms with Crippen LogP contribution in [0.15, 0.2) is 36.7 Å². The van der Waals surface area contributed by atoms with Crippen LogP contribution in [-0.2, 0) is 17.8 Å². The normalized spacial score (nSPS) is 14.8. The molecule has 0 spiro atoms. The Labute approximate surface area is 170 Å². The number of amides is 1. The largest absolute Gasteiger partial charge is 0.381 e. The van der Waals surface area contributed by atoms with Gasteiger partial charge in [-0.2, -0.15) is 5.10 Å². The average molecular weight is 393 g/mol. The van der Waals surface area contributed by atoms with Crippen molar-refractivity contribution in [3.63, 3.8) is 0 Å². The van der Waals surface area contributed by atoms with Crippen LogP contribution in [0.2, 0.25) is 0 Å². The van der Waals surface area contributed by atoms with E-state index < -0.39 is 0 Å². The van der Waals surface area contributed by atoms with Gasteiger partial charge in [0.1, 0.15) is 0 Å². The number of pyridine rings is 1. The standard InChI is InChI=1S/C22H27N5O2/c1-3-27-21-18(14-25-27)20(26-17-8-10-29-11-9-17)19(13-23-21)22(28)24-12-16-6-4-15(2)5-7-16/h4-7,13-14,17H,3,8-12H2,1-2H3,(H,23,26)(H,24,28). The Hall–Kier alpha value is -2.93. The minimum atomic E-state index is -0.140. The van der Waals surface area contributed by atoms with Gasteiger partial charge in [0, 0.05) is 38.5 Å². The van der Waals surface area contributed by atoms with Crippen molar-refractivity contribution in [2.45, 2.75) is 45.8 Å². The molecule has 0 aliphatic carbocycles. The second-order valence-electron chi connectivity index (χ2n) is 7.44. The molecule has 0 radical (unpaired) electrons. The van der Waals surface area contributed by atoms with E-state index in [4.69, 9.17) is 4.74 Å². The van der Waals surface area contributed by atoms with Crippen LogP contribution in [0.5, 0.6) is 0 Å². The van der Waals surface area contributed by atoms with E-state index in [2.05, 4.69) is 20.7 Å². The zero-order valence-electron chi connectivity index (χ0n) is 16.9. The molecule has 0 unspecified atom stereocenters. The number of anilines is 1. The summed E-state index contributed by atoms with van der Waals surface area (Å²) in [6, 6.07) is 8.43. The Kier molecular flexibility index (Phi) is 5.76. The molecule has 1 saturated heterocycles. The van der Waals surface area contributed by atoms with Gasteiger partial charge in [-0.15, -0.1) is 0 Å². The molecule has 1 amide bonds. The Morgan fingerprint density at radius 1 is 1.21 bits per heavy atom. The van der Waals surface area contributed by atoms with Gasteiger partial charge in [0.25, 0.3) is 5.91 Å². The SMILES string of the molecule is CCn1ncc2c(NC3CCOCC3)c(C(=O)NCc3ccc(C)cc3)cnc21. The van der Waals surface area contributed by atoms with Gasteiger partial charge in [-0.1, -0.05) is 29.8 Å². The number of rotatable bonds is 6. The Bertz CT molecular complexity index is 990. The van der Waals surface area contributed by atoms with Gasteiger partial charge >= 0.3 is 0 Å². The summed E-state index contributed by atoms with van der Waals surface area (Å²) >= 11 is 0. The number of hydrogen-bond donors (Lipinski definition) is 2. The van der Waals surface area contributed by atoms with Crippen LogP contribution < -0.4 is 10.6 Å². The first-order valence-corrected chi connectivity index (χ1v) is 10.2. The van der Waals surface area contributed by atoms with Crippen LogP contribution in [0.4, 0.5) is 5.69 Å². The second kappa shape index (κ2) is 8.61. The molecule has 1 aliphatic heterocycles. The van der Waals surface area contributed by atoms with Gasteiger partial charge in [-0.05, 0) is 32.3 Å². The molecular formula is C22H27N5O2. The molecule has 2 aromatic heterocycles. The van der Waals surface area contributed by atoms with Crippen LogP contribution in [0.3, 0.4) is 0 Å². The smallest absolute Gasteiger partial charge is 0.255 e. The lowest BCUT2D eigenvalue weighted by atomic mass is 10.1. The zero-order valence-corrected chi connectivity index (χ0v) is 16.9. The quantitative estimate of drug-likeness (QED) is 0.672. The highest BCUT2D eigenvalue weighted by Gasteiger charge is 2.22. The lowest BCUT2D eigenvalue weighted by Crippen LogP contribution is -2.30. The van der Waals surface area contributed by atoms with E-state index in [1.807, 2.05) is 42.8 Å². The molecule has 29 heavy (non-hydrogen) atoms. The number of benzene rings is 1. The molecule has 0 atom stereocenters. The number of aromatic nitrogens is 3. The maximum Gasteiger partial charge on any atom is 0.255 e. The molecule has 7 heteroatoms. The van der Waals surface area contributed by atoms with Gasteiger partial charge in [-0.3, -0.25) is 4.79 Å². The lowest BCUT2D eigenvalue weighted by Gasteiger charge is -2.25. The fourth-order valence-electron chi connectivity index (χ4n) is 3.62. The fraction of sp³-hybridized carbons (Fsp3) is 0.409. The van der Waals surface area contributed by atoms with Crippen molar-refractivity contribution in [2.24, 2.45) is 0 Å². The topological polar surface area (TPSA) is 81.1 Å². The van der Waals surface area contributed by atoms with Gasteiger partial charge in [-0.25, -0.2) is 9.67 Å².